The summed E-state index contributed by atoms with van der Waals surface area (Å²) in [6.07, 6.45) is 2.55. The Kier molecular flexibility index (Phi) is 6.78. The molecule has 2 bridgehead atoms. The van der Waals surface area contributed by atoms with Gasteiger partial charge in [-0.2, -0.15) is 23.1 Å². The predicted octanol–water partition coefficient (Wildman–Crippen LogP) is 5.93. The number of aryl methyl sites for hydroxylation is 1. The number of fused-ring (bicyclic) bond motifs is 4. The first kappa shape index (κ1) is 29.8. The lowest BCUT2D eigenvalue weighted by atomic mass is 9.90. The maximum absolute atomic E-state index is 16.7. The average Bonchev–Trinajstić information content (AvgIpc) is 3.62. The highest BCUT2D eigenvalue weighted by atomic mass is 19.4. The molecule has 2 aromatic heterocycles. The van der Waals surface area contributed by atoms with Crippen molar-refractivity contribution in [2.75, 3.05) is 43.4 Å². The second kappa shape index (κ2) is 10.5. The Hall–Kier alpha value is -3.58. The van der Waals surface area contributed by atoms with E-state index in [1.807, 2.05) is 0 Å². The van der Waals surface area contributed by atoms with Crippen LogP contribution in [-0.2, 0) is 6.18 Å². The molecule has 3 atom stereocenters. The summed E-state index contributed by atoms with van der Waals surface area (Å²) in [7, 11) is 0. The van der Waals surface area contributed by atoms with Gasteiger partial charge in [-0.05, 0) is 93.7 Å². The number of anilines is 2. The first-order chi connectivity index (χ1) is 22.0. The highest BCUT2D eigenvalue weighted by Crippen LogP contribution is 2.49. The fraction of sp³-hybridized carbons (Fsp3) is 0.545. The second-order valence-electron chi connectivity index (χ2n) is 13.9. The number of benzene rings is 1. The lowest BCUT2D eigenvalue weighted by Crippen LogP contribution is -2.61. The highest BCUT2D eigenvalue weighted by molar-refractivity contribution is 5.94. The predicted molar refractivity (Wildman–Crippen MR) is 164 cm³/mol. The minimum absolute atomic E-state index is 0.0490. The number of piperazine rings is 1. The van der Waals surface area contributed by atoms with Crippen molar-refractivity contribution in [3.05, 3.63) is 47.0 Å². The third-order valence-electron chi connectivity index (χ3n) is 10.9. The Morgan fingerprint density at radius 3 is 2.74 bits per heavy atom. The van der Waals surface area contributed by atoms with Gasteiger partial charge in [-0.1, -0.05) is 0 Å². The van der Waals surface area contributed by atoms with Crippen LogP contribution < -0.4 is 20.7 Å². The van der Waals surface area contributed by atoms with Gasteiger partial charge in [-0.3, -0.25) is 4.90 Å². The zero-order chi connectivity index (χ0) is 32.0. The van der Waals surface area contributed by atoms with Crippen molar-refractivity contribution in [3.8, 4) is 17.3 Å². The van der Waals surface area contributed by atoms with E-state index >= 15 is 4.39 Å². The maximum Gasteiger partial charge on any atom is 0.418 e. The van der Waals surface area contributed by atoms with E-state index in [9.17, 15) is 17.6 Å². The molecule has 6 heterocycles. The molecular weight excluding hydrogens is 605 g/mol. The fourth-order valence-electron chi connectivity index (χ4n) is 8.68. The number of hydrogen-bond donors (Lipinski definition) is 2. The molecule has 4 saturated heterocycles. The molecule has 13 heteroatoms. The van der Waals surface area contributed by atoms with Gasteiger partial charge in [0.1, 0.15) is 23.8 Å². The van der Waals surface area contributed by atoms with Crippen LogP contribution in [0.1, 0.15) is 56.1 Å². The molecule has 46 heavy (non-hydrogen) atoms. The number of nitrogens with zero attached hydrogens (tertiary/aromatic N) is 5. The number of pyridine rings is 1. The number of alkyl halides is 3. The third-order valence-corrected chi connectivity index (χ3v) is 10.9. The second-order valence-corrected chi connectivity index (χ2v) is 13.9. The summed E-state index contributed by atoms with van der Waals surface area (Å²) in [5.41, 5.74) is 3.82. The number of rotatable bonds is 6. The lowest BCUT2D eigenvalue weighted by Gasteiger charge is -2.42. The summed E-state index contributed by atoms with van der Waals surface area (Å²) in [6, 6.07) is 4.21. The van der Waals surface area contributed by atoms with Crippen LogP contribution in [0.3, 0.4) is 0 Å². The lowest BCUT2D eigenvalue weighted by molar-refractivity contribution is -0.137. The average molecular weight is 642 g/mol. The minimum atomic E-state index is -4.79. The van der Waals surface area contributed by atoms with Gasteiger partial charge in [0.05, 0.1) is 23.1 Å². The van der Waals surface area contributed by atoms with E-state index in [0.29, 0.717) is 55.1 Å². The van der Waals surface area contributed by atoms with Crippen LogP contribution in [0, 0.1) is 18.7 Å². The van der Waals surface area contributed by atoms with Crippen molar-refractivity contribution in [3.63, 3.8) is 0 Å². The Bertz CT molecular complexity index is 1760. The van der Waals surface area contributed by atoms with Gasteiger partial charge in [0.15, 0.2) is 5.82 Å². The fourth-order valence-corrected chi connectivity index (χ4v) is 8.68. The molecule has 5 aliphatic rings. The number of aromatic nitrogens is 3. The van der Waals surface area contributed by atoms with Gasteiger partial charge in [0, 0.05) is 42.2 Å². The van der Waals surface area contributed by atoms with E-state index in [1.165, 1.54) is 13.0 Å². The molecule has 8 rings (SSSR count). The standard InChI is InChI=1S/C33H36F5N7O/c1-18-11-24(39)40-27(25(18)33(36,37)38)22-5-6-23-28(26(22)35)41-30(46-17-31-8-2-10-45(31)14-19(12-31)13-34)42-29(23)44-15-21-7-9-32(16-44,43-21)20-3-4-20/h5-6,11,13,20-21,43H,2-4,7-10,12,14-17H2,1H3,(H2,39,40)/b19-13+/t21-,31-,32+/m0/s1. The molecule has 3 N–H and O–H groups in total. The molecule has 3 aromatic rings. The summed E-state index contributed by atoms with van der Waals surface area (Å²) in [6.45, 7) is 4.14. The van der Waals surface area contributed by atoms with Gasteiger partial charge >= 0.3 is 12.2 Å². The summed E-state index contributed by atoms with van der Waals surface area (Å²) in [5, 5.41) is 4.23. The van der Waals surface area contributed by atoms with Crippen molar-refractivity contribution in [2.45, 2.75) is 75.2 Å². The number of nitrogens with two attached hydrogens (primary N) is 1. The van der Waals surface area contributed by atoms with Crippen molar-refractivity contribution >= 4 is 22.5 Å². The monoisotopic (exact) mass is 641 g/mol. The number of halogens is 5. The van der Waals surface area contributed by atoms with E-state index in [-0.39, 0.29) is 46.7 Å². The Morgan fingerprint density at radius 1 is 1.15 bits per heavy atom. The molecule has 0 radical (unpaired) electrons. The Morgan fingerprint density at radius 2 is 1.98 bits per heavy atom. The largest absolute Gasteiger partial charge is 0.461 e. The number of nitrogens with one attached hydrogen (secondary N) is 1. The number of hydrogen-bond acceptors (Lipinski definition) is 8. The van der Waals surface area contributed by atoms with Crippen LogP contribution in [0.15, 0.2) is 30.1 Å². The van der Waals surface area contributed by atoms with E-state index in [1.54, 1.807) is 6.07 Å². The van der Waals surface area contributed by atoms with Crippen LogP contribution in [0.2, 0.25) is 0 Å². The molecule has 244 valence electrons. The molecule has 8 nitrogen and oxygen atoms in total. The third kappa shape index (κ3) is 4.80. The van der Waals surface area contributed by atoms with Crippen LogP contribution in [0.5, 0.6) is 6.01 Å². The van der Waals surface area contributed by atoms with Gasteiger partial charge < -0.3 is 20.7 Å². The molecule has 1 aliphatic carbocycles. The normalized spacial score (nSPS) is 28.9. The van der Waals surface area contributed by atoms with Gasteiger partial charge in [0.2, 0.25) is 0 Å². The molecule has 1 saturated carbocycles. The minimum Gasteiger partial charge on any atom is -0.461 e. The highest BCUT2D eigenvalue weighted by Gasteiger charge is 2.53. The summed E-state index contributed by atoms with van der Waals surface area (Å²) in [5.74, 6) is -0.0345. The van der Waals surface area contributed by atoms with Crippen molar-refractivity contribution in [1.82, 2.24) is 25.2 Å². The van der Waals surface area contributed by atoms with Crippen LogP contribution in [0.4, 0.5) is 33.6 Å². The van der Waals surface area contributed by atoms with Crippen LogP contribution in [-0.4, -0.2) is 69.8 Å². The van der Waals surface area contributed by atoms with Gasteiger partial charge in [0.25, 0.3) is 0 Å². The molecule has 5 fully saturated rings. The molecule has 1 aromatic carbocycles. The number of ether oxygens (including phenoxy) is 1. The molecular formula is C33H36F5N7O. The topological polar surface area (TPSA) is 92.4 Å². The molecule has 4 aliphatic heterocycles. The van der Waals surface area contributed by atoms with Crippen molar-refractivity contribution in [2.24, 2.45) is 5.92 Å². The zero-order valence-electron chi connectivity index (χ0n) is 25.6. The van der Waals surface area contributed by atoms with E-state index in [0.717, 1.165) is 51.1 Å². The quantitative estimate of drug-likeness (QED) is 0.320. The van der Waals surface area contributed by atoms with E-state index < -0.39 is 28.8 Å². The van der Waals surface area contributed by atoms with Crippen molar-refractivity contribution in [1.29, 1.82) is 0 Å². The SMILES string of the molecule is Cc1cc(N)nc(-c2ccc3c(N4C[C@@H]5CC[C@](C6CC6)(C4)N5)nc(OC[C@@]45CCCN4C/C(=C/F)C5)nc3c2F)c1C(F)(F)F. The number of nitrogen functional groups attached to an aromatic ring is 1. The Labute approximate surface area is 263 Å². The van der Waals surface area contributed by atoms with Gasteiger partial charge in [-0.15, -0.1) is 0 Å². The van der Waals surface area contributed by atoms with Gasteiger partial charge in [-0.25, -0.2) is 13.8 Å². The van der Waals surface area contributed by atoms with E-state index in [2.05, 4.69) is 25.1 Å². The molecule has 0 spiro atoms. The summed E-state index contributed by atoms with van der Waals surface area (Å²) >= 11 is 0. The smallest absolute Gasteiger partial charge is 0.418 e. The first-order valence-electron chi connectivity index (χ1n) is 16.0. The molecule has 0 amide bonds. The van der Waals surface area contributed by atoms with Crippen molar-refractivity contribution < 1.29 is 26.7 Å². The maximum atomic E-state index is 16.7. The van der Waals surface area contributed by atoms with E-state index in [4.69, 9.17) is 15.5 Å². The molecule has 0 unspecified atom stereocenters. The van der Waals surface area contributed by atoms with Crippen LogP contribution >= 0.6 is 0 Å². The summed E-state index contributed by atoms with van der Waals surface area (Å²) in [4.78, 5) is 17.7. The zero-order valence-corrected chi connectivity index (χ0v) is 25.6. The Balaban J connectivity index is 1.25. The first-order valence-corrected chi connectivity index (χ1v) is 16.0. The summed E-state index contributed by atoms with van der Waals surface area (Å²) < 4.78 is 79.2. The van der Waals surface area contributed by atoms with Crippen LogP contribution in [0.25, 0.3) is 22.2 Å².